The fourth-order valence-corrected chi connectivity index (χ4v) is 5.77. The normalized spacial score (nSPS) is 12.0. The first-order chi connectivity index (χ1) is 23.8. The van der Waals surface area contributed by atoms with Gasteiger partial charge in [-0.1, -0.05) is 102 Å². The number of alkyl halides is 3. The van der Waals surface area contributed by atoms with Gasteiger partial charge in [-0.05, 0) is 73.5 Å². The summed E-state index contributed by atoms with van der Waals surface area (Å²) < 4.78 is 38.2. The van der Waals surface area contributed by atoms with Gasteiger partial charge >= 0.3 is 6.18 Å². The lowest BCUT2D eigenvalue weighted by molar-refractivity contribution is -0.0885. The van der Waals surface area contributed by atoms with Crippen molar-refractivity contribution in [3.63, 3.8) is 0 Å². The van der Waals surface area contributed by atoms with Crippen molar-refractivity contribution in [2.45, 2.75) is 97.1 Å². The molecule has 0 unspecified atom stereocenters. The van der Waals surface area contributed by atoms with Crippen molar-refractivity contribution in [3.05, 3.63) is 90.5 Å². The van der Waals surface area contributed by atoms with E-state index in [0.717, 1.165) is 41.7 Å². The van der Waals surface area contributed by atoms with E-state index in [1.54, 1.807) is 6.07 Å². The zero-order valence-corrected chi connectivity index (χ0v) is 28.8. The molecule has 0 bridgehead atoms. The Morgan fingerprint density at radius 3 is 1.43 bits per heavy atom. The quantitative estimate of drug-likeness (QED) is 0.0533. The van der Waals surface area contributed by atoms with E-state index in [9.17, 15) is 18.0 Å². The molecule has 0 aromatic heterocycles. The second-order valence-corrected chi connectivity index (χ2v) is 12.5. The number of halogens is 3. The van der Waals surface area contributed by atoms with E-state index in [0.29, 0.717) is 17.1 Å². The van der Waals surface area contributed by atoms with Crippen LogP contribution in [0.3, 0.4) is 0 Å². The topological polar surface area (TPSA) is 69.8 Å². The first-order valence-electron chi connectivity index (χ1n) is 17.7. The van der Waals surface area contributed by atoms with Crippen LogP contribution in [0.15, 0.2) is 105 Å². The minimum Gasteiger partial charge on any atom is -0.372 e. The molecule has 0 N–H and O–H groups in total. The van der Waals surface area contributed by atoms with Crippen molar-refractivity contribution in [2.24, 2.45) is 20.5 Å². The molecule has 4 aromatic carbocycles. The Hall–Kier alpha value is -4.40. The molecule has 0 aliphatic rings. The third-order valence-corrected chi connectivity index (χ3v) is 8.59. The molecule has 0 saturated heterocycles. The van der Waals surface area contributed by atoms with Gasteiger partial charge in [0.05, 0.1) is 22.7 Å². The highest BCUT2D eigenvalue weighted by Gasteiger charge is 2.39. The summed E-state index contributed by atoms with van der Waals surface area (Å²) in [4.78, 5) is 14.0. The summed E-state index contributed by atoms with van der Waals surface area (Å²) in [5.74, 6) is -1.89. The molecule has 0 spiro atoms. The molecule has 0 aliphatic heterocycles. The number of fused-ring (bicyclic) bond motifs is 1. The van der Waals surface area contributed by atoms with Crippen LogP contribution in [-0.2, 0) is 0 Å². The number of anilines is 1. The number of Topliss-reactive ketones (excluding diaryl/α,β-unsaturated/α-hetero) is 1. The molecule has 0 saturated carbocycles. The van der Waals surface area contributed by atoms with Gasteiger partial charge in [-0.25, -0.2) is 0 Å². The largest absolute Gasteiger partial charge is 0.454 e. The Labute approximate surface area is 288 Å². The van der Waals surface area contributed by atoms with E-state index >= 15 is 0 Å². The average Bonchev–Trinajstić information content (AvgIpc) is 3.11. The number of hydrogen-bond acceptors (Lipinski definition) is 6. The second kappa shape index (κ2) is 19.6. The molecule has 0 aliphatic carbocycles. The van der Waals surface area contributed by atoms with Crippen LogP contribution in [0.25, 0.3) is 10.8 Å². The summed E-state index contributed by atoms with van der Waals surface area (Å²) in [6.45, 7) is 6.65. The molecule has 6 nitrogen and oxygen atoms in total. The maximum atomic E-state index is 12.7. The van der Waals surface area contributed by atoms with E-state index in [2.05, 4.69) is 51.3 Å². The Morgan fingerprint density at radius 1 is 0.551 bits per heavy atom. The number of benzene rings is 4. The third-order valence-electron chi connectivity index (χ3n) is 8.59. The van der Waals surface area contributed by atoms with Crippen molar-refractivity contribution in [3.8, 4) is 0 Å². The van der Waals surface area contributed by atoms with E-state index in [4.69, 9.17) is 0 Å². The van der Waals surface area contributed by atoms with Gasteiger partial charge in [-0.15, -0.1) is 10.2 Å². The van der Waals surface area contributed by atoms with Gasteiger partial charge in [0, 0.05) is 35.1 Å². The Bertz CT molecular complexity index is 1630. The van der Waals surface area contributed by atoms with Gasteiger partial charge in [0.25, 0.3) is 5.78 Å². The average molecular weight is 672 g/mol. The van der Waals surface area contributed by atoms with E-state index < -0.39 is 17.5 Å². The van der Waals surface area contributed by atoms with Crippen LogP contribution in [0.1, 0.15) is 101 Å². The lowest BCUT2D eigenvalue weighted by Gasteiger charge is -2.25. The lowest BCUT2D eigenvalue weighted by atomic mass is 10.1. The Morgan fingerprint density at radius 2 is 0.980 bits per heavy atom. The number of rotatable bonds is 20. The number of ketones is 1. The fourth-order valence-electron chi connectivity index (χ4n) is 5.77. The van der Waals surface area contributed by atoms with Gasteiger partial charge in [-0.3, -0.25) is 4.79 Å². The predicted octanol–water partition coefficient (Wildman–Crippen LogP) is 13.9. The van der Waals surface area contributed by atoms with Gasteiger partial charge in [0.2, 0.25) is 0 Å². The highest BCUT2D eigenvalue weighted by molar-refractivity contribution is 6.01. The van der Waals surface area contributed by atoms with Crippen molar-refractivity contribution in [1.82, 2.24) is 0 Å². The molecule has 49 heavy (non-hydrogen) atoms. The van der Waals surface area contributed by atoms with E-state index in [1.807, 2.05) is 42.5 Å². The summed E-state index contributed by atoms with van der Waals surface area (Å²) in [7, 11) is 0. The third kappa shape index (κ3) is 11.9. The first kappa shape index (κ1) is 37.4. The maximum Gasteiger partial charge on any atom is 0.454 e. The molecule has 0 radical (unpaired) electrons. The minimum absolute atomic E-state index is 0.326. The van der Waals surface area contributed by atoms with Gasteiger partial charge < -0.3 is 4.90 Å². The summed E-state index contributed by atoms with van der Waals surface area (Å²) >= 11 is 0. The number of carbonyl (C=O) groups excluding carboxylic acids is 1. The van der Waals surface area contributed by atoms with Crippen LogP contribution in [0.2, 0.25) is 0 Å². The van der Waals surface area contributed by atoms with Crippen LogP contribution in [0, 0.1) is 0 Å². The minimum atomic E-state index is -4.93. The first-order valence-corrected chi connectivity index (χ1v) is 17.7. The van der Waals surface area contributed by atoms with Crippen LogP contribution >= 0.6 is 0 Å². The molecule has 0 heterocycles. The number of nitrogens with zero attached hydrogens (tertiary/aromatic N) is 5. The van der Waals surface area contributed by atoms with E-state index in [1.165, 1.54) is 94.9 Å². The molecule has 0 fully saturated rings. The van der Waals surface area contributed by atoms with Crippen LogP contribution in [0.4, 0.5) is 41.6 Å². The van der Waals surface area contributed by atoms with Gasteiger partial charge in [0.1, 0.15) is 0 Å². The SMILES string of the molecule is CCCCCCCCN(CCCCCCCC)c1ccc(N=Nc2ccc(N=Nc3ccc(C(=O)C(F)(F)F)cc3)c3ccccc23)cc1. The van der Waals surface area contributed by atoms with Crippen molar-refractivity contribution in [1.29, 1.82) is 0 Å². The standard InChI is InChI=1S/C40H48F3N5O/c1-3-5-7-9-11-15-29-48(30-16-12-10-8-6-4-2)34-25-23-33(24-26-34)45-47-38-28-27-37(35-17-13-14-18-36(35)38)46-44-32-21-19-31(20-22-32)39(49)40(41,42)43/h13-14,17-28H,3-12,15-16,29-30H2,1-2H3. The molecule has 0 atom stereocenters. The zero-order chi connectivity index (χ0) is 34.9. The summed E-state index contributed by atoms with van der Waals surface area (Å²) in [5, 5.41) is 19.3. The lowest BCUT2D eigenvalue weighted by Crippen LogP contribution is -2.25. The van der Waals surface area contributed by atoms with E-state index in [-0.39, 0.29) is 0 Å². The summed E-state index contributed by atoms with van der Waals surface area (Å²) in [5.41, 5.74) is 3.13. The van der Waals surface area contributed by atoms with Gasteiger partial charge in [-0.2, -0.15) is 23.4 Å². The Balaban J connectivity index is 1.43. The number of unbranched alkanes of at least 4 members (excludes halogenated alkanes) is 10. The fraction of sp³-hybridized carbons (Fsp3) is 0.425. The highest BCUT2D eigenvalue weighted by atomic mass is 19.4. The van der Waals surface area contributed by atoms with Gasteiger partial charge in [0.15, 0.2) is 0 Å². The molecule has 0 amide bonds. The van der Waals surface area contributed by atoms with Crippen molar-refractivity contribution < 1.29 is 18.0 Å². The number of azo groups is 2. The van der Waals surface area contributed by atoms with Crippen molar-refractivity contribution >= 4 is 45.0 Å². The number of hydrogen-bond donors (Lipinski definition) is 0. The smallest absolute Gasteiger partial charge is 0.372 e. The highest BCUT2D eigenvalue weighted by Crippen LogP contribution is 2.35. The Kier molecular flexibility index (Phi) is 14.9. The molecular weight excluding hydrogens is 623 g/mol. The molecule has 4 aromatic rings. The molecule has 9 heteroatoms. The zero-order valence-electron chi connectivity index (χ0n) is 28.8. The van der Waals surface area contributed by atoms with Crippen LogP contribution in [0.5, 0.6) is 0 Å². The molecular formula is C40H48F3N5O. The van der Waals surface area contributed by atoms with Crippen LogP contribution in [-0.4, -0.2) is 25.0 Å². The summed E-state index contributed by atoms with van der Waals surface area (Å²) in [6.07, 6.45) is 10.5. The monoisotopic (exact) mass is 671 g/mol. The molecule has 4 rings (SSSR count). The van der Waals surface area contributed by atoms with Crippen LogP contribution < -0.4 is 4.90 Å². The second-order valence-electron chi connectivity index (χ2n) is 12.5. The van der Waals surface area contributed by atoms with Crippen molar-refractivity contribution in [2.75, 3.05) is 18.0 Å². The maximum absolute atomic E-state index is 12.7. The number of carbonyl (C=O) groups is 1. The predicted molar refractivity (Wildman–Crippen MR) is 195 cm³/mol. The molecule has 260 valence electrons. The summed E-state index contributed by atoms with van der Waals surface area (Å²) in [6, 6.07) is 24.5.